The van der Waals surface area contributed by atoms with E-state index in [4.69, 9.17) is 10.2 Å². The van der Waals surface area contributed by atoms with Gasteiger partial charge < -0.3 is 10.2 Å². The Hall–Kier alpha value is -0.541. The zero-order valence-corrected chi connectivity index (χ0v) is 18.0. The van der Waals surface area contributed by atoms with Gasteiger partial charge in [0.1, 0.15) is 0 Å². The van der Waals surface area contributed by atoms with E-state index < -0.39 is 22.8 Å². The van der Waals surface area contributed by atoms with Gasteiger partial charge in [0.05, 0.1) is 10.8 Å². The number of carboxylic acids is 2. The second kappa shape index (κ2) is 15.7. The normalized spacial score (nSPS) is 11.1. The van der Waals surface area contributed by atoms with Crippen LogP contribution in [0.25, 0.3) is 0 Å². The van der Waals surface area contributed by atoms with E-state index in [2.05, 4.69) is 13.8 Å². The number of hydrogen-bond donors (Lipinski definition) is 2. The zero-order chi connectivity index (χ0) is 19.2. The van der Waals surface area contributed by atoms with Crippen molar-refractivity contribution in [3.05, 3.63) is 0 Å². The average Bonchev–Trinajstić information content (AvgIpc) is 2.48. The second-order valence-electron chi connectivity index (χ2n) is 8.00. The van der Waals surface area contributed by atoms with Gasteiger partial charge in [0, 0.05) is 17.1 Å². The molecule has 0 aromatic rings. The molecule has 0 aliphatic rings. The van der Waals surface area contributed by atoms with Crippen molar-refractivity contribution in [2.24, 2.45) is 10.8 Å². The Morgan fingerprint density at radius 3 is 1.12 bits per heavy atom. The molecular formula is C20H40CuO4. The smallest absolute Gasteiger partial charge is 0.309 e. The number of rotatable bonds is 12. The van der Waals surface area contributed by atoms with Gasteiger partial charge in [-0.05, 0) is 40.5 Å². The summed E-state index contributed by atoms with van der Waals surface area (Å²) in [7, 11) is 0. The fraction of sp³-hybridized carbons (Fsp3) is 0.900. The van der Waals surface area contributed by atoms with Crippen LogP contribution in [0.1, 0.15) is 106 Å². The molecule has 1 radical (unpaired) electrons. The number of aliphatic carboxylic acids is 2. The summed E-state index contributed by atoms with van der Waals surface area (Å²) >= 11 is 0. The Balaban J connectivity index is -0.000000372. The predicted molar refractivity (Wildman–Crippen MR) is 100 cm³/mol. The molecule has 0 aromatic heterocycles. The Morgan fingerprint density at radius 2 is 0.920 bits per heavy atom. The van der Waals surface area contributed by atoms with Crippen molar-refractivity contribution < 1.29 is 36.9 Å². The molecule has 4 nitrogen and oxygen atoms in total. The average molecular weight is 408 g/mol. The van der Waals surface area contributed by atoms with Gasteiger partial charge in [-0.15, -0.1) is 0 Å². The Morgan fingerprint density at radius 1 is 0.640 bits per heavy atom. The van der Waals surface area contributed by atoms with E-state index in [1.165, 1.54) is 25.7 Å². The molecule has 0 heterocycles. The van der Waals surface area contributed by atoms with Crippen molar-refractivity contribution >= 4 is 11.9 Å². The molecule has 0 bridgehead atoms. The molecule has 2 N–H and O–H groups in total. The summed E-state index contributed by atoms with van der Waals surface area (Å²) in [5.74, 6) is -1.36. The third kappa shape index (κ3) is 16.7. The number of unbranched alkanes of at least 4 members (excludes halogenated alkanes) is 6. The fourth-order valence-corrected chi connectivity index (χ4v) is 2.20. The molecule has 0 fully saturated rings. The third-order valence-corrected chi connectivity index (χ3v) is 4.47. The summed E-state index contributed by atoms with van der Waals surface area (Å²) in [5, 5.41) is 17.6. The monoisotopic (exact) mass is 407 g/mol. The van der Waals surface area contributed by atoms with E-state index in [0.29, 0.717) is 0 Å². The predicted octanol–water partition coefficient (Wildman–Crippen LogP) is 6.13. The molecule has 0 aliphatic carbocycles. The molecule has 0 saturated carbocycles. The summed E-state index contributed by atoms with van der Waals surface area (Å²) in [6, 6.07) is 0. The van der Waals surface area contributed by atoms with E-state index in [9.17, 15) is 9.59 Å². The van der Waals surface area contributed by atoms with Gasteiger partial charge in [0.25, 0.3) is 0 Å². The second-order valence-corrected chi connectivity index (χ2v) is 8.00. The SMILES string of the molecule is CCCCCCC(C)(C)C(=O)O.CCCCCCC(C)(C)C(=O)O.[Cu]. The van der Waals surface area contributed by atoms with Crippen LogP contribution in [0.15, 0.2) is 0 Å². The maximum atomic E-state index is 10.7. The summed E-state index contributed by atoms with van der Waals surface area (Å²) in [6.45, 7) is 11.5. The van der Waals surface area contributed by atoms with Crippen molar-refractivity contribution in [2.75, 3.05) is 0 Å². The minimum atomic E-state index is -0.681. The number of hydrogen-bond acceptors (Lipinski definition) is 2. The minimum absolute atomic E-state index is 0. The summed E-state index contributed by atoms with van der Waals surface area (Å²) in [4.78, 5) is 21.4. The largest absolute Gasteiger partial charge is 0.481 e. The molecular weight excluding hydrogens is 368 g/mol. The van der Waals surface area contributed by atoms with E-state index in [1.807, 2.05) is 0 Å². The quantitative estimate of drug-likeness (QED) is 0.301. The molecule has 5 heteroatoms. The molecule has 25 heavy (non-hydrogen) atoms. The summed E-state index contributed by atoms with van der Waals surface area (Å²) in [5.41, 5.74) is -1.07. The molecule has 0 spiro atoms. The van der Waals surface area contributed by atoms with E-state index in [0.717, 1.165) is 38.5 Å². The maximum Gasteiger partial charge on any atom is 0.309 e. The topological polar surface area (TPSA) is 74.6 Å². The van der Waals surface area contributed by atoms with Crippen molar-refractivity contribution in [3.63, 3.8) is 0 Å². The van der Waals surface area contributed by atoms with Crippen LogP contribution in [0.2, 0.25) is 0 Å². The molecule has 0 aromatic carbocycles. The number of carboxylic acid groups (broad SMARTS) is 2. The van der Waals surface area contributed by atoms with Crippen LogP contribution >= 0.6 is 0 Å². The van der Waals surface area contributed by atoms with Crippen LogP contribution in [-0.2, 0) is 26.7 Å². The maximum absolute atomic E-state index is 10.7. The number of carbonyl (C=O) groups is 2. The molecule has 0 atom stereocenters. The van der Waals surface area contributed by atoms with Crippen molar-refractivity contribution in [1.82, 2.24) is 0 Å². The summed E-state index contributed by atoms with van der Waals surface area (Å²) in [6.07, 6.45) is 10.8. The molecule has 0 amide bonds. The van der Waals surface area contributed by atoms with Gasteiger partial charge in [0.2, 0.25) is 0 Å². The van der Waals surface area contributed by atoms with Crippen LogP contribution in [0.4, 0.5) is 0 Å². The first-order valence-electron chi connectivity index (χ1n) is 9.48. The first-order valence-corrected chi connectivity index (χ1v) is 9.48. The van der Waals surface area contributed by atoms with E-state index in [-0.39, 0.29) is 17.1 Å². The van der Waals surface area contributed by atoms with Gasteiger partial charge in [-0.3, -0.25) is 9.59 Å². The zero-order valence-electron chi connectivity index (χ0n) is 17.1. The Bertz CT molecular complexity index is 318. The van der Waals surface area contributed by atoms with Crippen LogP contribution < -0.4 is 0 Å². The van der Waals surface area contributed by atoms with E-state index in [1.54, 1.807) is 27.7 Å². The van der Waals surface area contributed by atoms with Crippen LogP contribution in [0.5, 0.6) is 0 Å². The molecule has 0 rings (SSSR count). The molecule has 0 saturated heterocycles. The third-order valence-electron chi connectivity index (χ3n) is 4.47. The van der Waals surface area contributed by atoms with Gasteiger partial charge in [-0.25, -0.2) is 0 Å². The van der Waals surface area contributed by atoms with Crippen LogP contribution in [0, 0.1) is 10.8 Å². The molecule has 0 unspecified atom stereocenters. The first kappa shape index (κ1) is 29.2. The standard InChI is InChI=1S/2C10H20O2.Cu/c2*1-4-5-6-7-8-10(2,3)9(11)12;/h2*4-8H2,1-3H3,(H,11,12);. The summed E-state index contributed by atoms with van der Waals surface area (Å²) < 4.78 is 0. The van der Waals surface area contributed by atoms with Gasteiger partial charge >= 0.3 is 11.9 Å². The van der Waals surface area contributed by atoms with Crippen molar-refractivity contribution in [3.8, 4) is 0 Å². The van der Waals surface area contributed by atoms with Crippen LogP contribution in [-0.4, -0.2) is 22.2 Å². The molecule has 0 aliphatic heterocycles. The molecule has 155 valence electrons. The van der Waals surface area contributed by atoms with Gasteiger partial charge in [-0.2, -0.15) is 0 Å². The van der Waals surface area contributed by atoms with Crippen molar-refractivity contribution in [1.29, 1.82) is 0 Å². The first-order chi connectivity index (χ1) is 11.0. The van der Waals surface area contributed by atoms with Gasteiger partial charge in [0.15, 0.2) is 0 Å². The van der Waals surface area contributed by atoms with Crippen LogP contribution in [0.3, 0.4) is 0 Å². The Kier molecular flexibility index (Phi) is 18.4. The van der Waals surface area contributed by atoms with Crippen molar-refractivity contribution in [2.45, 2.75) is 106 Å². The minimum Gasteiger partial charge on any atom is -0.481 e. The van der Waals surface area contributed by atoms with Gasteiger partial charge in [-0.1, -0.05) is 65.2 Å². The fourth-order valence-electron chi connectivity index (χ4n) is 2.20. The van der Waals surface area contributed by atoms with E-state index >= 15 is 0 Å². The Labute approximate surface area is 165 Å².